The van der Waals surface area contributed by atoms with Crippen LogP contribution in [0, 0.1) is 18.7 Å². The first-order valence-corrected chi connectivity index (χ1v) is 11.6. The van der Waals surface area contributed by atoms with E-state index in [4.69, 9.17) is 25.8 Å². The molecule has 1 aliphatic carbocycles. The summed E-state index contributed by atoms with van der Waals surface area (Å²) in [4.78, 5) is 48.9. The van der Waals surface area contributed by atoms with Crippen LogP contribution in [0.25, 0.3) is 0 Å². The van der Waals surface area contributed by atoms with E-state index in [2.05, 4.69) is 20.4 Å². The van der Waals surface area contributed by atoms with Crippen molar-refractivity contribution >= 4 is 23.8 Å². The van der Waals surface area contributed by atoms with Crippen LogP contribution in [0.4, 0.5) is 9.18 Å². The van der Waals surface area contributed by atoms with Crippen molar-refractivity contribution in [2.24, 2.45) is 22.5 Å². The highest BCUT2D eigenvalue weighted by atomic mass is 19.1. The molecule has 3 rings (SSSR count). The number of nitrogens with two attached hydrogens (primary N) is 2. The number of halogens is 1. The summed E-state index contributed by atoms with van der Waals surface area (Å²) in [6.45, 7) is 1.67. The number of oxime groups is 1. The number of benzene rings is 1. The maximum Gasteiger partial charge on any atom is 0.404 e. The number of aromatic nitrogens is 2. The third kappa shape index (κ3) is 8.12. The number of hydrogen-bond donors (Lipinski definition) is 3. The number of carbonyl (C=O) groups is 3. The molecule has 12 nitrogen and oxygen atoms in total. The van der Waals surface area contributed by atoms with Crippen LogP contribution >= 0.6 is 0 Å². The van der Waals surface area contributed by atoms with Crippen molar-refractivity contribution in [2.45, 2.75) is 51.7 Å². The minimum atomic E-state index is -0.804. The average Bonchev–Trinajstić information content (AvgIpc) is 2.87. The monoisotopic (exact) mass is 516 g/mol. The third-order valence-electron chi connectivity index (χ3n) is 5.78. The first-order chi connectivity index (χ1) is 17.6. The fourth-order valence-corrected chi connectivity index (χ4v) is 3.94. The minimum absolute atomic E-state index is 0.0241. The smallest absolute Gasteiger partial charge is 0.404 e. The molecule has 37 heavy (non-hydrogen) atoms. The topological polar surface area (TPSA) is 181 Å². The lowest BCUT2D eigenvalue weighted by atomic mass is 9.85. The maximum atomic E-state index is 13.6. The Hall–Kier alpha value is -4.29. The predicted molar refractivity (Wildman–Crippen MR) is 129 cm³/mol. The van der Waals surface area contributed by atoms with Gasteiger partial charge in [0.1, 0.15) is 23.3 Å². The van der Waals surface area contributed by atoms with Gasteiger partial charge in [0.15, 0.2) is 17.4 Å². The molecular formula is C24H29FN6O6. The molecule has 0 spiro atoms. The third-order valence-corrected chi connectivity index (χ3v) is 5.78. The summed E-state index contributed by atoms with van der Waals surface area (Å²) in [7, 11) is 1.35. The van der Waals surface area contributed by atoms with Gasteiger partial charge in [-0.05, 0) is 62.3 Å². The van der Waals surface area contributed by atoms with Crippen LogP contribution in [0.1, 0.15) is 59.7 Å². The molecule has 0 atom stereocenters. The molecule has 2 amide bonds. The van der Waals surface area contributed by atoms with E-state index < -0.39 is 23.8 Å². The highest BCUT2D eigenvalue weighted by Crippen LogP contribution is 2.28. The molecule has 0 radical (unpaired) electrons. The Balaban J connectivity index is 1.55. The quantitative estimate of drug-likeness (QED) is 0.194. The Kier molecular flexibility index (Phi) is 9.30. The number of nitrogens with one attached hydrogen (secondary N) is 1. The number of carbonyl (C=O) groups excluding carboxylic acids is 3. The Bertz CT molecular complexity index is 1180. The predicted octanol–water partition coefficient (Wildman–Crippen LogP) is 2.07. The normalized spacial score (nSPS) is 17.5. The number of aryl methyl sites for hydroxylation is 1. The number of ether oxygens (including phenoxy) is 2. The van der Waals surface area contributed by atoms with Crippen molar-refractivity contribution < 1.29 is 33.1 Å². The first-order valence-electron chi connectivity index (χ1n) is 11.6. The number of rotatable bonds is 9. The van der Waals surface area contributed by atoms with Crippen molar-refractivity contribution in [3.05, 3.63) is 52.9 Å². The summed E-state index contributed by atoms with van der Waals surface area (Å²) in [5, 5.41) is 6.34. The zero-order valence-corrected chi connectivity index (χ0v) is 20.5. The van der Waals surface area contributed by atoms with Crippen LogP contribution in [-0.4, -0.2) is 47.0 Å². The summed E-state index contributed by atoms with van der Waals surface area (Å²) in [5.74, 6) is -1.41. The Labute approximate surface area is 212 Å². The van der Waals surface area contributed by atoms with Gasteiger partial charge >= 0.3 is 12.1 Å². The van der Waals surface area contributed by atoms with Gasteiger partial charge in [0.25, 0.3) is 5.91 Å². The molecular weight excluding hydrogens is 487 g/mol. The van der Waals surface area contributed by atoms with E-state index in [-0.39, 0.29) is 53.8 Å². The fraction of sp³-hybridized carbons (Fsp3) is 0.417. The second kappa shape index (κ2) is 12.6. The molecule has 0 saturated heterocycles. The highest BCUT2D eigenvalue weighted by molar-refractivity contribution is 5.99. The van der Waals surface area contributed by atoms with E-state index in [1.807, 2.05) is 0 Å². The molecule has 0 aliphatic heterocycles. The molecule has 1 heterocycles. The van der Waals surface area contributed by atoms with Crippen molar-refractivity contribution in [3.63, 3.8) is 0 Å². The number of nitrogens with zero attached hydrogens (tertiary/aromatic N) is 3. The maximum absolute atomic E-state index is 13.6. The summed E-state index contributed by atoms with van der Waals surface area (Å²) in [5.41, 5.74) is 11.7. The van der Waals surface area contributed by atoms with Crippen LogP contribution in [0.5, 0.6) is 5.75 Å². The van der Waals surface area contributed by atoms with Gasteiger partial charge in [-0.25, -0.2) is 23.9 Å². The highest BCUT2D eigenvalue weighted by Gasteiger charge is 2.25. The van der Waals surface area contributed by atoms with Crippen LogP contribution in [0.2, 0.25) is 0 Å². The van der Waals surface area contributed by atoms with Crippen LogP contribution in [0.3, 0.4) is 0 Å². The van der Waals surface area contributed by atoms with Crippen molar-refractivity contribution in [2.75, 3.05) is 7.11 Å². The molecule has 198 valence electrons. The largest absolute Gasteiger partial charge is 0.494 e. The average molecular weight is 517 g/mol. The van der Waals surface area contributed by atoms with Crippen LogP contribution < -0.4 is 21.5 Å². The molecule has 5 N–H and O–H groups in total. The zero-order chi connectivity index (χ0) is 26.9. The zero-order valence-electron chi connectivity index (χ0n) is 20.5. The van der Waals surface area contributed by atoms with Crippen LogP contribution in [0.15, 0.2) is 29.4 Å². The van der Waals surface area contributed by atoms with Gasteiger partial charge in [0.05, 0.1) is 13.5 Å². The van der Waals surface area contributed by atoms with E-state index >= 15 is 0 Å². The number of primary amides is 1. The SMILES string of the molecule is COc1cc(CNC(=O)c2cc(/C(N)=N/OC(=O)CC3CCC(OC(N)=O)CC3)nc(C)n2)ccc1F. The lowest BCUT2D eigenvalue weighted by molar-refractivity contribution is -0.145. The summed E-state index contributed by atoms with van der Waals surface area (Å²) >= 11 is 0. The van der Waals surface area contributed by atoms with E-state index in [0.717, 1.165) is 0 Å². The van der Waals surface area contributed by atoms with Crippen molar-refractivity contribution in [1.82, 2.24) is 15.3 Å². The molecule has 1 aromatic carbocycles. The summed E-state index contributed by atoms with van der Waals surface area (Å²) in [6, 6.07) is 5.57. The molecule has 2 aromatic rings. The van der Waals surface area contributed by atoms with E-state index in [9.17, 15) is 18.8 Å². The molecule has 1 saturated carbocycles. The fourth-order valence-electron chi connectivity index (χ4n) is 3.94. The number of methoxy groups -OCH3 is 1. The summed E-state index contributed by atoms with van der Waals surface area (Å²) in [6.07, 6.45) is 1.69. The Morgan fingerprint density at radius 2 is 1.81 bits per heavy atom. The Morgan fingerprint density at radius 1 is 1.11 bits per heavy atom. The van der Waals surface area contributed by atoms with Gasteiger partial charge in [0, 0.05) is 6.54 Å². The number of amidine groups is 1. The van der Waals surface area contributed by atoms with Crippen molar-refractivity contribution in [1.29, 1.82) is 0 Å². The van der Waals surface area contributed by atoms with Crippen LogP contribution in [-0.2, 0) is 20.9 Å². The number of amides is 2. The second-order valence-electron chi connectivity index (χ2n) is 8.56. The minimum Gasteiger partial charge on any atom is -0.494 e. The molecule has 0 bridgehead atoms. The summed E-state index contributed by atoms with van der Waals surface area (Å²) < 4.78 is 23.5. The standard InChI is InChI=1S/C24H29FN6O6/c1-13-29-18(11-19(30-13)23(33)28-12-15-5-8-17(25)20(9-15)35-2)22(26)31-37-21(32)10-14-3-6-16(7-4-14)36-24(27)34/h5,8-9,11,14,16H,3-4,6-7,10,12H2,1-2H3,(H2,26,31)(H2,27,34)(H,28,33). The van der Waals surface area contributed by atoms with Gasteiger partial charge in [-0.3, -0.25) is 4.79 Å². The molecule has 1 aromatic heterocycles. The van der Waals surface area contributed by atoms with Gasteiger partial charge in [-0.1, -0.05) is 11.2 Å². The Morgan fingerprint density at radius 3 is 2.49 bits per heavy atom. The van der Waals surface area contributed by atoms with E-state index in [0.29, 0.717) is 31.2 Å². The number of hydrogen-bond acceptors (Lipinski definition) is 9. The van der Waals surface area contributed by atoms with E-state index in [1.165, 1.54) is 31.4 Å². The van der Waals surface area contributed by atoms with E-state index in [1.54, 1.807) is 6.92 Å². The molecule has 13 heteroatoms. The van der Waals surface area contributed by atoms with Gasteiger partial charge in [-0.15, -0.1) is 0 Å². The lowest BCUT2D eigenvalue weighted by Gasteiger charge is -2.26. The second-order valence-corrected chi connectivity index (χ2v) is 8.56. The van der Waals surface area contributed by atoms with Gasteiger partial charge in [0.2, 0.25) is 0 Å². The van der Waals surface area contributed by atoms with Crippen molar-refractivity contribution in [3.8, 4) is 5.75 Å². The first kappa shape index (κ1) is 27.3. The molecule has 1 aliphatic rings. The molecule has 0 unspecified atom stereocenters. The lowest BCUT2D eigenvalue weighted by Crippen LogP contribution is -2.28. The van der Waals surface area contributed by atoms with Gasteiger partial charge < -0.3 is 31.1 Å². The molecule has 1 fully saturated rings. The van der Waals surface area contributed by atoms with Gasteiger partial charge in [-0.2, -0.15) is 0 Å².